The third-order valence-electron chi connectivity index (χ3n) is 2.65. The average Bonchev–Trinajstić information content (AvgIpc) is 2.75. The molecule has 19 heavy (non-hydrogen) atoms. The average molecular weight is 261 g/mol. The van der Waals surface area contributed by atoms with E-state index in [2.05, 4.69) is 15.3 Å². The quantitative estimate of drug-likeness (QED) is 0.879. The molecule has 0 saturated heterocycles. The maximum Gasteiger partial charge on any atom is 0.339 e. The van der Waals surface area contributed by atoms with Crippen LogP contribution in [0.25, 0.3) is 0 Å². The first-order valence-corrected chi connectivity index (χ1v) is 5.86. The Labute approximate surface area is 110 Å². The van der Waals surface area contributed by atoms with Crippen molar-refractivity contribution in [1.29, 1.82) is 0 Å². The van der Waals surface area contributed by atoms with Crippen molar-refractivity contribution in [2.75, 3.05) is 5.32 Å². The van der Waals surface area contributed by atoms with Gasteiger partial charge < -0.3 is 14.8 Å². The highest BCUT2D eigenvalue weighted by Gasteiger charge is 2.16. The number of nitrogens with one attached hydrogen (secondary N) is 1. The Morgan fingerprint density at radius 1 is 1.37 bits per heavy atom. The van der Waals surface area contributed by atoms with Crippen molar-refractivity contribution in [3.8, 4) is 0 Å². The minimum absolute atomic E-state index is 0.126. The second kappa shape index (κ2) is 5.09. The molecule has 2 rings (SSSR count). The standard InChI is InChI=1S/C13H15N3O3/c1-7-4-11(10(6-14-7)13(17)18)16-9(3)12-15-5-8(2)19-12/h4-6,9H,1-3H3,(H,14,16)(H,17,18). The lowest BCUT2D eigenvalue weighted by atomic mass is 10.2. The largest absolute Gasteiger partial charge is 0.478 e. The van der Waals surface area contributed by atoms with E-state index in [1.807, 2.05) is 13.8 Å². The molecule has 6 heteroatoms. The zero-order valence-corrected chi connectivity index (χ0v) is 11.0. The lowest BCUT2D eigenvalue weighted by molar-refractivity contribution is 0.0697. The summed E-state index contributed by atoms with van der Waals surface area (Å²) in [6, 6.07) is 1.46. The smallest absolute Gasteiger partial charge is 0.339 e. The van der Waals surface area contributed by atoms with Gasteiger partial charge in [0.1, 0.15) is 17.4 Å². The number of aryl methyl sites for hydroxylation is 2. The fraction of sp³-hybridized carbons (Fsp3) is 0.308. The van der Waals surface area contributed by atoms with E-state index in [0.717, 1.165) is 5.69 Å². The molecule has 0 aliphatic heterocycles. The van der Waals surface area contributed by atoms with Crippen molar-refractivity contribution in [3.05, 3.63) is 41.4 Å². The van der Waals surface area contributed by atoms with Crippen LogP contribution in [0.15, 0.2) is 22.9 Å². The van der Waals surface area contributed by atoms with E-state index in [1.54, 1.807) is 19.2 Å². The molecule has 0 spiro atoms. The highest BCUT2D eigenvalue weighted by Crippen LogP contribution is 2.22. The Bertz CT molecular complexity index is 607. The number of aromatic carboxylic acids is 1. The number of carboxylic acid groups (broad SMARTS) is 1. The van der Waals surface area contributed by atoms with Crippen molar-refractivity contribution >= 4 is 11.7 Å². The first-order valence-electron chi connectivity index (χ1n) is 5.86. The van der Waals surface area contributed by atoms with Crippen LogP contribution < -0.4 is 5.32 Å². The number of anilines is 1. The number of hydrogen-bond acceptors (Lipinski definition) is 5. The summed E-state index contributed by atoms with van der Waals surface area (Å²) in [5.74, 6) is 0.210. The summed E-state index contributed by atoms with van der Waals surface area (Å²) >= 11 is 0. The predicted molar refractivity (Wildman–Crippen MR) is 69.2 cm³/mol. The van der Waals surface area contributed by atoms with Gasteiger partial charge in [-0.25, -0.2) is 9.78 Å². The van der Waals surface area contributed by atoms with E-state index in [0.29, 0.717) is 17.3 Å². The maximum atomic E-state index is 11.1. The van der Waals surface area contributed by atoms with Gasteiger partial charge in [-0.3, -0.25) is 4.98 Å². The molecule has 0 aliphatic carbocycles. The topological polar surface area (TPSA) is 88.2 Å². The SMILES string of the molecule is Cc1cc(NC(C)c2ncc(C)o2)c(C(=O)O)cn1. The first-order chi connectivity index (χ1) is 8.97. The first kappa shape index (κ1) is 13.1. The van der Waals surface area contributed by atoms with Gasteiger partial charge in [0, 0.05) is 11.9 Å². The van der Waals surface area contributed by atoms with E-state index < -0.39 is 5.97 Å². The molecule has 0 amide bonds. The van der Waals surface area contributed by atoms with Gasteiger partial charge in [-0.05, 0) is 26.8 Å². The third kappa shape index (κ3) is 2.90. The molecule has 0 aromatic carbocycles. The molecule has 1 unspecified atom stereocenters. The molecule has 2 aromatic rings. The Morgan fingerprint density at radius 2 is 2.11 bits per heavy atom. The zero-order chi connectivity index (χ0) is 14.0. The fourth-order valence-corrected chi connectivity index (χ4v) is 1.72. The van der Waals surface area contributed by atoms with Gasteiger partial charge >= 0.3 is 5.97 Å². The zero-order valence-electron chi connectivity index (χ0n) is 11.0. The predicted octanol–water partition coefficient (Wildman–Crippen LogP) is 2.56. The summed E-state index contributed by atoms with van der Waals surface area (Å²) in [5, 5.41) is 12.2. The Balaban J connectivity index is 2.27. The molecule has 0 bridgehead atoms. The van der Waals surface area contributed by atoms with Gasteiger partial charge in [0.2, 0.25) is 5.89 Å². The molecule has 1 atom stereocenters. The van der Waals surface area contributed by atoms with E-state index in [4.69, 9.17) is 9.52 Å². The molecule has 100 valence electrons. The molecule has 0 aliphatic rings. The number of aromatic nitrogens is 2. The second-order valence-electron chi connectivity index (χ2n) is 4.35. The van der Waals surface area contributed by atoms with Crippen LogP contribution in [0.5, 0.6) is 0 Å². The molecular weight excluding hydrogens is 246 g/mol. The minimum Gasteiger partial charge on any atom is -0.478 e. The summed E-state index contributed by atoms with van der Waals surface area (Å²) in [6.45, 7) is 5.46. The Morgan fingerprint density at radius 3 is 2.68 bits per heavy atom. The van der Waals surface area contributed by atoms with Crippen LogP contribution >= 0.6 is 0 Å². The molecule has 6 nitrogen and oxygen atoms in total. The van der Waals surface area contributed by atoms with Gasteiger partial charge in [-0.15, -0.1) is 0 Å². The van der Waals surface area contributed by atoms with Crippen LogP contribution in [0.1, 0.15) is 40.7 Å². The van der Waals surface area contributed by atoms with Crippen LogP contribution in [0.2, 0.25) is 0 Å². The number of hydrogen-bond donors (Lipinski definition) is 2. The van der Waals surface area contributed by atoms with Crippen LogP contribution in [0.3, 0.4) is 0 Å². The number of carboxylic acids is 1. The van der Waals surface area contributed by atoms with E-state index in [1.165, 1.54) is 6.20 Å². The van der Waals surface area contributed by atoms with Gasteiger partial charge in [0.15, 0.2) is 0 Å². The summed E-state index contributed by atoms with van der Waals surface area (Å²) in [7, 11) is 0. The number of carbonyl (C=O) groups is 1. The Kier molecular flexibility index (Phi) is 3.50. The normalized spacial score (nSPS) is 12.2. The van der Waals surface area contributed by atoms with Crippen molar-refractivity contribution in [3.63, 3.8) is 0 Å². The monoisotopic (exact) mass is 261 g/mol. The highest BCUT2D eigenvalue weighted by atomic mass is 16.4. The molecule has 2 N–H and O–H groups in total. The minimum atomic E-state index is -1.02. The van der Waals surface area contributed by atoms with E-state index >= 15 is 0 Å². The van der Waals surface area contributed by atoms with Crippen LogP contribution in [0, 0.1) is 13.8 Å². The van der Waals surface area contributed by atoms with Gasteiger partial charge in [-0.1, -0.05) is 0 Å². The molecule has 0 saturated carbocycles. The number of nitrogens with zero attached hydrogens (tertiary/aromatic N) is 2. The highest BCUT2D eigenvalue weighted by molar-refractivity contribution is 5.93. The van der Waals surface area contributed by atoms with Crippen LogP contribution in [0.4, 0.5) is 5.69 Å². The molecular formula is C13H15N3O3. The summed E-state index contributed by atoms with van der Waals surface area (Å²) < 4.78 is 5.41. The van der Waals surface area contributed by atoms with E-state index in [-0.39, 0.29) is 11.6 Å². The summed E-state index contributed by atoms with van der Waals surface area (Å²) in [5.41, 5.74) is 1.37. The summed E-state index contributed by atoms with van der Waals surface area (Å²) in [4.78, 5) is 19.2. The number of pyridine rings is 1. The number of oxazole rings is 1. The van der Waals surface area contributed by atoms with E-state index in [9.17, 15) is 4.79 Å². The summed E-state index contributed by atoms with van der Waals surface area (Å²) in [6.07, 6.45) is 2.97. The molecule has 0 radical (unpaired) electrons. The molecule has 0 fully saturated rings. The lowest BCUT2D eigenvalue weighted by Gasteiger charge is -2.14. The van der Waals surface area contributed by atoms with Crippen LogP contribution in [-0.4, -0.2) is 21.0 Å². The molecule has 2 aromatic heterocycles. The van der Waals surface area contributed by atoms with Crippen LogP contribution in [-0.2, 0) is 0 Å². The van der Waals surface area contributed by atoms with Crippen molar-refractivity contribution in [2.24, 2.45) is 0 Å². The maximum absolute atomic E-state index is 11.1. The third-order valence-corrected chi connectivity index (χ3v) is 2.65. The van der Waals surface area contributed by atoms with Gasteiger partial charge in [-0.2, -0.15) is 0 Å². The van der Waals surface area contributed by atoms with Crippen molar-refractivity contribution in [1.82, 2.24) is 9.97 Å². The Hall–Kier alpha value is -2.37. The number of rotatable bonds is 4. The van der Waals surface area contributed by atoms with Gasteiger partial charge in [0.05, 0.1) is 11.9 Å². The second-order valence-corrected chi connectivity index (χ2v) is 4.35. The fourth-order valence-electron chi connectivity index (χ4n) is 1.72. The van der Waals surface area contributed by atoms with Crippen molar-refractivity contribution in [2.45, 2.75) is 26.8 Å². The van der Waals surface area contributed by atoms with Gasteiger partial charge in [0.25, 0.3) is 0 Å². The lowest BCUT2D eigenvalue weighted by Crippen LogP contribution is -2.11. The molecule has 2 heterocycles. The van der Waals surface area contributed by atoms with Crippen molar-refractivity contribution < 1.29 is 14.3 Å².